The van der Waals surface area contributed by atoms with Crippen LogP contribution in [0.5, 0.6) is 0 Å². The molecule has 141 valence electrons. The Kier molecular flexibility index (Phi) is 3.84. The van der Waals surface area contributed by atoms with Gasteiger partial charge in [-0.15, -0.1) is 0 Å². The van der Waals surface area contributed by atoms with E-state index in [0.717, 1.165) is 5.56 Å². The van der Waals surface area contributed by atoms with Gasteiger partial charge in [-0.3, -0.25) is 0 Å². The maximum Gasteiger partial charge on any atom is 0.123 e. The third kappa shape index (κ3) is 2.41. The Morgan fingerprint density at radius 2 is 1.50 bits per heavy atom. The van der Waals surface area contributed by atoms with Gasteiger partial charge < -0.3 is 0 Å². The summed E-state index contributed by atoms with van der Waals surface area (Å²) in [6.45, 7) is 0. The van der Waals surface area contributed by atoms with Gasteiger partial charge >= 0.3 is 0 Å². The number of fused-ring (bicyclic) bond motifs is 3. The molecule has 2 aliphatic rings. The van der Waals surface area contributed by atoms with Crippen molar-refractivity contribution < 1.29 is 4.39 Å². The van der Waals surface area contributed by atoms with Crippen molar-refractivity contribution in [2.24, 2.45) is 0 Å². The fourth-order valence-corrected chi connectivity index (χ4v) is 6.44. The first-order valence-electron chi connectivity index (χ1n) is 10.2. The molecular formula is C28H18FSi. The van der Waals surface area contributed by atoms with Gasteiger partial charge in [-0.2, -0.15) is 0 Å². The Bertz CT molecular complexity index is 1490. The van der Waals surface area contributed by atoms with Crippen molar-refractivity contribution in [2.75, 3.05) is 0 Å². The van der Waals surface area contributed by atoms with Gasteiger partial charge in [-0.05, 0) is 54.8 Å². The molecule has 4 aromatic rings. The van der Waals surface area contributed by atoms with E-state index in [0.29, 0.717) is 9.13 Å². The van der Waals surface area contributed by atoms with Gasteiger partial charge in [0.1, 0.15) is 5.82 Å². The van der Waals surface area contributed by atoms with Crippen LogP contribution in [0.25, 0.3) is 16.3 Å². The highest BCUT2D eigenvalue weighted by atomic mass is 28.2. The standard InChI is InChI=1S/C28H18FSi/c29-21-16-14-20(15-17-21)28(24-11-5-8-19-7-1-2-9-22(19)24)18-6-13-26-27(28)23-10-3-4-12-25(23)30-26/h1-18H. The van der Waals surface area contributed by atoms with Crippen molar-refractivity contribution in [3.63, 3.8) is 0 Å². The van der Waals surface area contributed by atoms with Crippen LogP contribution in [0.15, 0.2) is 114 Å². The molecule has 0 nitrogen and oxygen atoms in total. The fraction of sp³-hybridized carbons (Fsp3) is 0.0357. The fourth-order valence-electron chi connectivity index (χ4n) is 4.99. The molecule has 6 rings (SSSR count). The molecule has 0 amide bonds. The number of hydrogen-bond acceptors (Lipinski definition) is 0. The van der Waals surface area contributed by atoms with Crippen LogP contribution in [0.1, 0.15) is 11.1 Å². The summed E-state index contributed by atoms with van der Waals surface area (Å²) in [5.74, 6) is -0.207. The normalized spacial score (nSPS) is 19.2. The topological polar surface area (TPSA) is 0 Å². The lowest BCUT2D eigenvalue weighted by molar-refractivity contribution is 0.626. The van der Waals surface area contributed by atoms with Crippen molar-refractivity contribution in [1.82, 2.24) is 0 Å². The van der Waals surface area contributed by atoms with Crippen molar-refractivity contribution in [2.45, 2.75) is 5.41 Å². The quantitative estimate of drug-likeness (QED) is 0.387. The van der Waals surface area contributed by atoms with Crippen LogP contribution in [0, 0.1) is 10.6 Å². The predicted octanol–water partition coefficient (Wildman–Crippen LogP) is 5.54. The zero-order valence-corrected chi connectivity index (χ0v) is 17.3. The second-order valence-corrected chi connectivity index (χ2v) is 9.15. The van der Waals surface area contributed by atoms with E-state index >= 15 is 0 Å². The molecule has 0 N–H and O–H groups in total. The summed E-state index contributed by atoms with van der Waals surface area (Å²) in [6.07, 6.45) is 6.73. The van der Waals surface area contributed by atoms with Crippen LogP contribution in [0.3, 0.4) is 0 Å². The maximum atomic E-state index is 13.9. The van der Waals surface area contributed by atoms with E-state index in [2.05, 4.69) is 85.0 Å². The minimum absolute atomic E-state index is 0.207. The van der Waals surface area contributed by atoms with Gasteiger partial charge in [0.05, 0.1) is 14.5 Å². The van der Waals surface area contributed by atoms with Gasteiger partial charge in [0.25, 0.3) is 0 Å². The van der Waals surface area contributed by atoms with Gasteiger partial charge in [-0.1, -0.05) is 97.1 Å². The van der Waals surface area contributed by atoms with Crippen molar-refractivity contribution in [1.29, 1.82) is 0 Å². The molecule has 0 saturated heterocycles. The lowest BCUT2D eigenvalue weighted by Gasteiger charge is -2.37. The maximum absolute atomic E-state index is 13.9. The monoisotopic (exact) mass is 401 g/mol. The zero-order chi connectivity index (χ0) is 20.1. The third-order valence-corrected chi connectivity index (χ3v) is 7.64. The first-order chi connectivity index (χ1) is 14.8. The molecule has 1 heterocycles. The van der Waals surface area contributed by atoms with E-state index in [-0.39, 0.29) is 5.82 Å². The van der Waals surface area contributed by atoms with Crippen molar-refractivity contribution in [3.05, 3.63) is 141 Å². The van der Waals surface area contributed by atoms with Crippen LogP contribution in [0.2, 0.25) is 0 Å². The van der Waals surface area contributed by atoms with E-state index in [1.54, 1.807) is 12.1 Å². The minimum Gasteiger partial charge on any atom is -0.207 e. The number of allylic oxidation sites excluding steroid dienone is 4. The molecule has 1 unspecified atom stereocenters. The highest BCUT2D eigenvalue weighted by Gasteiger charge is 2.41. The second kappa shape index (κ2) is 6.58. The number of halogens is 1. The van der Waals surface area contributed by atoms with Crippen LogP contribution >= 0.6 is 0 Å². The average molecular weight is 402 g/mol. The third-order valence-electron chi connectivity index (χ3n) is 6.25. The number of hydrogen-bond donors (Lipinski definition) is 0. The largest absolute Gasteiger partial charge is 0.207 e. The molecule has 1 radical (unpaired) electrons. The summed E-state index contributed by atoms with van der Waals surface area (Å²) in [5, 5.41) is 5.13. The first kappa shape index (κ1) is 17.5. The second-order valence-electron chi connectivity index (χ2n) is 7.83. The van der Waals surface area contributed by atoms with Crippen LogP contribution in [0.4, 0.5) is 4.39 Å². The molecular weight excluding hydrogens is 383 g/mol. The Hall–Kier alpha value is -3.36. The molecule has 1 aliphatic heterocycles. The Labute approximate surface area is 176 Å². The minimum atomic E-state index is -0.460. The van der Waals surface area contributed by atoms with Gasteiger partial charge in [0.15, 0.2) is 0 Å². The SMILES string of the molecule is Fc1ccc(C2(c3cccc4ccccc34)C=CC=C3[Si]=c4ccccc4=C32)cc1. The molecule has 2 heteroatoms. The lowest BCUT2D eigenvalue weighted by Crippen LogP contribution is -2.33. The predicted molar refractivity (Wildman–Crippen MR) is 122 cm³/mol. The Balaban J connectivity index is 1.81. The van der Waals surface area contributed by atoms with E-state index in [1.807, 2.05) is 12.1 Å². The van der Waals surface area contributed by atoms with Crippen LogP contribution in [-0.4, -0.2) is 9.13 Å². The van der Waals surface area contributed by atoms with E-state index in [4.69, 9.17) is 0 Å². The molecule has 0 fully saturated rings. The molecule has 4 aromatic carbocycles. The smallest absolute Gasteiger partial charge is 0.123 e. The van der Waals surface area contributed by atoms with Gasteiger partial charge in [-0.25, -0.2) is 4.39 Å². The van der Waals surface area contributed by atoms with Gasteiger partial charge in [0, 0.05) is 0 Å². The van der Waals surface area contributed by atoms with Crippen molar-refractivity contribution in [3.8, 4) is 0 Å². The van der Waals surface area contributed by atoms with E-state index < -0.39 is 5.41 Å². The molecule has 0 bridgehead atoms. The molecule has 30 heavy (non-hydrogen) atoms. The van der Waals surface area contributed by atoms with Crippen LogP contribution in [-0.2, 0) is 5.41 Å². The molecule has 1 aliphatic carbocycles. The van der Waals surface area contributed by atoms with Crippen LogP contribution < -0.4 is 5.22 Å². The number of benzene rings is 4. The summed E-state index contributed by atoms with van der Waals surface area (Å²) in [6, 6.07) is 30.8. The van der Waals surface area contributed by atoms with Crippen molar-refractivity contribution >= 4 is 25.5 Å². The summed E-state index contributed by atoms with van der Waals surface area (Å²) < 4.78 is 13.9. The zero-order valence-electron chi connectivity index (χ0n) is 16.3. The first-order valence-corrected chi connectivity index (χ1v) is 11.2. The Morgan fingerprint density at radius 3 is 2.40 bits per heavy atom. The number of rotatable bonds is 2. The summed E-state index contributed by atoms with van der Waals surface area (Å²) in [4.78, 5) is 1.38. The molecule has 1 atom stereocenters. The summed E-state index contributed by atoms with van der Waals surface area (Å²) in [5.41, 5.74) is 3.21. The summed E-state index contributed by atoms with van der Waals surface area (Å²) >= 11 is 0. The van der Waals surface area contributed by atoms with Gasteiger partial charge in [0.2, 0.25) is 0 Å². The van der Waals surface area contributed by atoms with E-state index in [9.17, 15) is 4.39 Å². The lowest BCUT2D eigenvalue weighted by atomic mass is 9.65. The summed E-state index contributed by atoms with van der Waals surface area (Å²) in [7, 11) is 0.639. The van der Waals surface area contributed by atoms with E-state index in [1.165, 1.54) is 37.1 Å². The molecule has 0 aromatic heterocycles. The average Bonchev–Trinajstić information content (AvgIpc) is 3.18. The molecule has 0 spiro atoms. The highest BCUT2D eigenvalue weighted by Crippen LogP contribution is 2.48. The Morgan fingerprint density at radius 1 is 0.733 bits per heavy atom. The highest BCUT2D eigenvalue weighted by molar-refractivity contribution is 6.45. The molecule has 0 saturated carbocycles.